The van der Waals surface area contributed by atoms with E-state index < -0.39 is 48.3 Å². The Morgan fingerprint density at radius 2 is 1.63 bits per heavy atom. The van der Waals surface area contributed by atoms with Crippen LogP contribution in [0.1, 0.15) is 86.1 Å². The summed E-state index contributed by atoms with van der Waals surface area (Å²) in [5.41, 5.74) is 0.828. The molecule has 2 heterocycles. The topological polar surface area (TPSA) is 159 Å². The van der Waals surface area contributed by atoms with Crippen molar-refractivity contribution < 1.29 is 38.3 Å². The zero-order valence-electron chi connectivity index (χ0n) is 37.1. The number of carbonyl (C=O) groups is 5. The Balaban J connectivity index is 1.28. The van der Waals surface area contributed by atoms with Crippen molar-refractivity contribution >= 4 is 29.5 Å². The van der Waals surface area contributed by atoms with E-state index in [1.54, 1.807) is 45.0 Å². The molecule has 2 saturated heterocycles. The molecule has 14 nitrogen and oxygen atoms in total. The Kier molecular flexibility index (Phi) is 15.4. The van der Waals surface area contributed by atoms with E-state index in [1.165, 1.54) is 5.06 Å². The predicted molar refractivity (Wildman–Crippen MR) is 224 cm³/mol. The Morgan fingerprint density at radius 3 is 2.17 bits per heavy atom. The molecule has 0 radical (unpaired) electrons. The number of nitrogens with one attached hydrogen (secondary N) is 3. The van der Waals surface area contributed by atoms with Crippen LogP contribution < -0.4 is 16.0 Å². The largest absolute Gasteiger partial charge is 0.379 e. The smallest absolute Gasteiger partial charge is 0.269 e. The van der Waals surface area contributed by atoms with Gasteiger partial charge in [-0.2, -0.15) is 0 Å². The molecule has 1 aromatic rings. The van der Waals surface area contributed by atoms with E-state index >= 15 is 0 Å². The number of rotatable bonds is 21. The molecule has 328 valence electrons. The number of hydrogen-bond acceptors (Lipinski definition) is 9. The molecule has 12 atom stereocenters. The van der Waals surface area contributed by atoms with Crippen molar-refractivity contribution in [1.82, 2.24) is 30.8 Å². The maximum absolute atomic E-state index is 14.4. The van der Waals surface area contributed by atoms with Gasteiger partial charge in [0, 0.05) is 39.6 Å². The lowest BCUT2D eigenvalue weighted by molar-refractivity contribution is -0.187. The molecule has 0 aromatic heterocycles. The Hall–Kier alpha value is -3.85. The fourth-order valence-electron chi connectivity index (χ4n) is 9.56. The Bertz CT molecular complexity index is 1670. The zero-order valence-corrected chi connectivity index (χ0v) is 37.1. The molecule has 3 fully saturated rings. The molecule has 1 spiro atoms. The summed E-state index contributed by atoms with van der Waals surface area (Å²) in [5, 5.41) is 10.6. The molecule has 59 heavy (non-hydrogen) atoms. The summed E-state index contributed by atoms with van der Waals surface area (Å²) in [6, 6.07) is 6.51. The minimum absolute atomic E-state index is 0.00177. The van der Waals surface area contributed by atoms with E-state index in [0.29, 0.717) is 19.4 Å². The number of carbonyl (C=O) groups excluding carboxylic acids is 5. The average Bonchev–Trinajstić information content (AvgIpc) is 3.68. The summed E-state index contributed by atoms with van der Waals surface area (Å²) in [6.07, 6.45) is 6.12. The summed E-state index contributed by atoms with van der Waals surface area (Å²) in [6.45, 7) is 14.1. The maximum atomic E-state index is 14.4. The van der Waals surface area contributed by atoms with Crippen molar-refractivity contribution in [3.05, 3.63) is 48.0 Å². The number of benzene rings is 1. The highest BCUT2D eigenvalue weighted by Crippen LogP contribution is 2.64. The minimum Gasteiger partial charge on any atom is -0.379 e. The molecular weight excluding hydrogens is 753 g/mol. The van der Waals surface area contributed by atoms with Gasteiger partial charge in [0.15, 0.2) is 0 Å². The number of ether oxygens (including phenoxy) is 2. The molecule has 3 unspecified atom stereocenters. The van der Waals surface area contributed by atoms with Gasteiger partial charge in [-0.25, -0.2) is 5.06 Å². The van der Waals surface area contributed by atoms with Crippen LogP contribution in [0.15, 0.2) is 42.5 Å². The molecule has 1 aromatic carbocycles. The Morgan fingerprint density at radius 1 is 0.949 bits per heavy atom. The van der Waals surface area contributed by atoms with Gasteiger partial charge in [0.1, 0.15) is 12.1 Å². The molecule has 0 bridgehead atoms. The van der Waals surface area contributed by atoms with Gasteiger partial charge in [0.2, 0.25) is 23.6 Å². The third-order valence-electron chi connectivity index (χ3n) is 13.5. The maximum Gasteiger partial charge on any atom is 0.269 e. The van der Waals surface area contributed by atoms with Gasteiger partial charge in [0.05, 0.1) is 54.8 Å². The first-order valence-electron chi connectivity index (χ1n) is 21.7. The Labute approximate surface area is 351 Å². The lowest BCUT2D eigenvalue weighted by Crippen LogP contribution is -2.59. The van der Waals surface area contributed by atoms with Crippen LogP contribution in [0.4, 0.5) is 0 Å². The predicted octanol–water partition coefficient (Wildman–Crippen LogP) is 3.49. The van der Waals surface area contributed by atoms with Gasteiger partial charge in [-0.3, -0.25) is 28.8 Å². The monoisotopic (exact) mass is 823 g/mol. The number of likely N-dealkylation sites (tertiary alicyclic amines) is 1. The van der Waals surface area contributed by atoms with E-state index in [2.05, 4.69) is 22.0 Å². The SMILES string of the molecule is CC[C@H](C)[C@@H]([C@@H](CC(=O)N1CCC[C@H]1[C@H](OC)[C@@H](C)C(=O)N[C@@H](Cc1ccccc1)C(=O)N1OC2CC23C=CC13)OC)N(C)C(=O)[C@@H](NC(=O)[C@@H](NC)C(C)C)C(C)C. The van der Waals surface area contributed by atoms with Crippen LogP contribution in [0, 0.1) is 29.1 Å². The van der Waals surface area contributed by atoms with Crippen molar-refractivity contribution in [1.29, 1.82) is 0 Å². The van der Waals surface area contributed by atoms with Crippen LogP contribution in [-0.4, -0.2) is 134 Å². The van der Waals surface area contributed by atoms with Crippen LogP contribution in [-0.2, 0) is 44.7 Å². The van der Waals surface area contributed by atoms with Crippen LogP contribution in [0.25, 0.3) is 0 Å². The number of likely N-dealkylation sites (N-methyl/N-ethyl adjacent to an activating group) is 2. The van der Waals surface area contributed by atoms with Crippen LogP contribution in [0.2, 0.25) is 0 Å². The van der Waals surface area contributed by atoms with E-state index in [9.17, 15) is 24.0 Å². The lowest BCUT2D eigenvalue weighted by Gasteiger charge is -2.41. The van der Waals surface area contributed by atoms with Crippen LogP contribution in [0.3, 0.4) is 0 Å². The second-order valence-electron chi connectivity index (χ2n) is 18.0. The molecule has 1 saturated carbocycles. The molecule has 14 heteroatoms. The van der Waals surface area contributed by atoms with Crippen molar-refractivity contribution in [3.63, 3.8) is 0 Å². The fraction of sp³-hybridized carbons (Fsp3) is 0.711. The number of amides is 5. The third-order valence-corrected chi connectivity index (χ3v) is 13.5. The molecule has 5 amide bonds. The minimum atomic E-state index is -0.863. The molecule has 4 aliphatic rings. The number of methoxy groups -OCH3 is 2. The lowest BCUT2D eigenvalue weighted by atomic mass is 9.85. The summed E-state index contributed by atoms with van der Waals surface area (Å²) >= 11 is 0. The summed E-state index contributed by atoms with van der Waals surface area (Å²) in [7, 11) is 6.57. The summed E-state index contributed by atoms with van der Waals surface area (Å²) in [4.78, 5) is 79.5. The van der Waals surface area contributed by atoms with Crippen molar-refractivity contribution in [2.24, 2.45) is 29.1 Å². The van der Waals surface area contributed by atoms with Crippen molar-refractivity contribution in [2.45, 2.75) is 142 Å². The third kappa shape index (κ3) is 9.71. The molecule has 2 aliphatic carbocycles. The first kappa shape index (κ1) is 46.2. The van der Waals surface area contributed by atoms with E-state index in [1.807, 2.05) is 78.0 Å². The standard InChI is InChI=1S/C45H70N6O8/c1-12-28(6)39(49(9)44(56)38(27(4)5)48-42(54)37(46-8)26(2)3)33(57-10)24-36(52)50-22-16-19-32(50)40(58-11)29(7)41(53)47-31(23-30-17-14-13-15-18-30)43(55)51-34-20-21-45(34)25-35(45)59-51/h13-15,17-18,20-21,26-29,31-35,37-40,46H,12,16,19,22-25H2,1-11H3,(H,47,53)(H,48,54)/t28-,29+,31-,32-,33+,34?,35?,37-,38-,39-,40+,45?/m0/s1. The van der Waals surface area contributed by atoms with Gasteiger partial charge in [-0.15, -0.1) is 0 Å². The number of hydroxylamine groups is 2. The average molecular weight is 823 g/mol. The molecule has 2 aliphatic heterocycles. The summed E-state index contributed by atoms with van der Waals surface area (Å²) in [5.74, 6) is -2.18. The number of hydrogen-bond donors (Lipinski definition) is 3. The van der Waals surface area contributed by atoms with Gasteiger partial charge < -0.3 is 35.2 Å². The highest BCUT2D eigenvalue weighted by Gasteiger charge is 2.71. The van der Waals surface area contributed by atoms with Crippen molar-refractivity contribution in [2.75, 3.05) is 34.9 Å². The van der Waals surface area contributed by atoms with Crippen LogP contribution >= 0.6 is 0 Å². The number of nitrogens with zero attached hydrogens (tertiary/aromatic N) is 3. The van der Waals surface area contributed by atoms with E-state index in [0.717, 1.165) is 24.8 Å². The first-order chi connectivity index (χ1) is 28.0. The normalized spacial score (nSPS) is 25.8. The van der Waals surface area contributed by atoms with E-state index in [4.69, 9.17) is 14.3 Å². The summed E-state index contributed by atoms with van der Waals surface area (Å²) < 4.78 is 12.1. The van der Waals surface area contributed by atoms with Crippen LogP contribution in [0.5, 0.6) is 0 Å². The van der Waals surface area contributed by atoms with Gasteiger partial charge in [-0.05, 0) is 49.6 Å². The first-order valence-corrected chi connectivity index (χ1v) is 21.7. The fourth-order valence-corrected chi connectivity index (χ4v) is 9.56. The van der Waals surface area contributed by atoms with E-state index in [-0.39, 0.29) is 71.3 Å². The second-order valence-corrected chi connectivity index (χ2v) is 18.0. The zero-order chi connectivity index (χ0) is 43.3. The van der Waals surface area contributed by atoms with Gasteiger partial charge in [-0.1, -0.05) is 97.4 Å². The molecule has 3 N–H and O–H groups in total. The molecule has 5 rings (SSSR count). The van der Waals surface area contributed by atoms with Gasteiger partial charge >= 0.3 is 0 Å². The second kappa shape index (κ2) is 19.7. The van der Waals surface area contributed by atoms with Gasteiger partial charge in [0.25, 0.3) is 5.91 Å². The highest BCUT2D eigenvalue weighted by molar-refractivity contribution is 5.91. The van der Waals surface area contributed by atoms with Crippen molar-refractivity contribution in [3.8, 4) is 0 Å². The highest BCUT2D eigenvalue weighted by atomic mass is 16.7. The molecular formula is C45H70N6O8. The quantitative estimate of drug-likeness (QED) is 0.158.